The SMILES string of the molecule is CC(=O)c1ccccc1-c1ccc2c(c1)C[C@H](CNC(=O)[C@H]1CC=CCC1)O2. The van der Waals surface area contributed by atoms with Gasteiger partial charge in [0.1, 0.15) is 11.9 Å². The van der Waals surface area contributed by atoms with Gasteiger partial charge in [0.2, 0.25) is 5.91 Å². The van der Waals surface area contributed by atoms with Gasteiger partial charge in [-0.2, -0.15) is 0 Å². The molecule has 4 heteroatoms. The molecule has 2 aromatic carbocycles. The standard InChI is InChI=1S/C24H25NO3/c1-16(26)21-9-5-6-10-22(21)18-11-12-23-19(13-18)14-20(28-23)15-25-24(27)17-7-3-2-4-8-17/h2-3,5-6,9-13,17,20H,4,7-8,14-15H2,1H3,(H,25,27)/t17-,20+/m0/s1. The summed E-state index contributed by atoms with van der Waals surface area (Å²) < 4.78 is 6.02. The number of Topliss-reactive ketones (excluding diaryl/α,β-unsaturated/α-hetero) is 1. The molecular weight excluding hydrogens is 350 g/mol. The molecule has 28 heavy (non-hydrogen) atoms. The van der Waals surface area contributed by atoms with Crippen molar-refractivity contribution in [2.24, 2.45) is 5.92 Å². The van der Waals surface area contributed by atoms with Crippen LogP contribution in [0.25, 0.3) is 11.1 Å². The Morgan fingerprint density at radius 1 is 1.14 bits per heavy atom. The van der Waals surface area contributed by atoms with E-state index in [1.54, 1.807) is 6.92 Å². The first kappa shape index (κ1) is 18.5. The molecule has 0 saturated carbocycles. The maximum Gasteiger partial charge on any atom is 0.223 e. The van der Waals surface area contributed by atoms with Crippen LogP contribution in [0.2, 0.25) is 0 Å². The first-order valence-corrected chi connectivity index (χ1v) is 9.94. The predicted octanol–water partition coefficient (Wildman–Crippen LogP) is 4.33. The largest absolute Gasteiger partial charge is 0.488 e. The van der Waals surface area contributed by atoms with E-state index in [0.29, 0.717) is 6.54 Å². The third kappa shape index (κ3) is 3.86. The number of benzene rings is 2. The Morgan fingerprint density at radius 2 is 2.00 bits per heavy atom. The minimum atomic E-state index is -0.0450. The molecule has 144 valence electrons. The predicted molar refractivity (Wildman–Crippen MR) is 109 cm³/mol. The third-order valence-electron chi connectivity index (χ3n) is 5.56. The number of rotatable bonds is 5. The fourth-order valence-electron chi connectivity index (χ4n) is 4.03. The highest BCUT2D eigenvalue weighted by Gasteiger charge is 2.26. The molecule has 0 bridgehead atoms. The van der Waals surface area contributed by atoms with Crippen molar-refractivity contribution >= 4 is 11.7 Å². The fourth-order valence-corrected chi connectivity index (χ4v) is 4.03. The van der Waals surface area contributed by atoms with Crippen molar-refractivity contribution in [3.05, 3.63) is 65.7 Å². The van der Waals surface area contributed by atoms with Crippen LogP contribution < -0.4 is 10.1 Å². The second kappa shape index (κ2) is 8.01. The van der Waals surface area contributed by atoms with Gasteiger partial charge < -0.3 is 10.1 Å². The molecule has 0 aromatic heterocycles. The van der Waals surface area contributed by atoms with Gasteiger partial charge in [0.25, 0.3) is 0 Å². The Balaban J connectivity index is 1.43. The Bertz CT molecular complexity index is 931. The van der Waals surface area contributed by atoms with Crippen LogP contribution in [0.4, 0.5) is 0 Å². The Kier molecular flexibility index (Phi) is 5.29. The van der Waals surface area contributed by atoms with E-state index >= 15 is 0 Å². The molecule has 0 unspecified atom stereocenters. The first-order valence-electron chi connectivity index (χ1n) is 9.94. The summed E-state index contributed by atoms with van der Waals surface area (Å²) in [6.07, 6.45) is 7.68. The van der Waals surface area contributed by atoms with Crippen molar-refractivity contribution in [2.75, 3.05) is 6.54 Å². The summed E-state index contributed by atoms with van der Waals surface area (Å²) in [6, 6.07) is 13.7. The lowest BCUT2D eigenvalue weighted by atomic mass is 9.93. The number of carbonyl (C=O) groups is 2. The summed E-state index contributed by atoms with van der Waals surface area (Å²) in [5.41, 5.74) is 3.81. The Morgan fingerprint density at radius 3 is 2.79 bits per heavy atom. The number of hydrogen-bond donors (Lipinski definition) is 1. The second-order valence-electron chi connectivity index (χ2n) is 7.59. The number of ketones is 1. The third-order valence-corrected chi connectivity index (χ3v) is 5.56. The fraction of sp³-hybridized carbons (Fsp3) is 0.333. The van der Waals surface area contributed by atoms with Crippen molar-refractivity contribution in [3.8, 4) is 16.9 Å². The highest BCUT2D eigenvalue weighted by Crippen LogP contribution is 2.34. The summed E-state index contributed by atoms with van der Waals surface area (Å²) in [6.45, 7) is 2.11. The number of allylic oxidation sites excluding steroid dienone is 2. The van der Waals surface area contributed by atoms with Crippen LogP contribution in [-0.2, 0) is 11.2 Å². The summed E-state index contributed by atoms with van der Waals surface area (Å²) in [5, 5.41) is 3.06. The Labute approximate surface area is 165 Å². The average molecular weight is 375 g/mol. The minimum absolute atomic E-state index is 0.0450. The first-order chi connectivity index (χ1) is 13.6. The van der Waals surface area contributed by atoms with Crippen LogP contribution in [0.3, 0.4) is 0 Å². The van der Waals surface area contributed by atoms with E-state index in [0.717, 1.165) is 53.7 Å². The lowest BCUT2D eigenvalue weighted by Crippen LogP contribution is -2.38. The molecule has 1 aliphatic heterocycles. The zero-order valence-electron chi connectivity index (χ0n) is 16.1. The van der Waals surface area contributed by atoms with E-state index < -0.39 is 0 Å². The van der Waals surface area contributed by atoms with E-state index in [2.05, 4.69) is 23.5 Å². The van der Waals surface area contributed by atoms with Crippen molar-refractivity contribution in [2.45, 2.75) is 38.7 Å². The number of hydrogen-bond acceptors (Lipinski definition) is 3. The Hall–Kier alpha value is -2.88. The van der Waals surface area contributed by atoms with Crippen LogP contribution in [0.15, 0.2) is 54.6 Å². The van der Waals surface area contributed by atoms with Crippen LogP contribution in [0.5, 0.6) is 5.75 Å². The molecule has 1 aliphatic carbocycles. The molecule has 1 heterocycles. The van der Waals surface area contributed by atoms with Gasteiger partial charge >= 0.3 is 0 Å². The maximum atomic E-state index is 12.3. The number of nitrogens with one attached hydrogen (secondary N) is 1. The smallest absolute Gasteiger partial charge is 0.223 e. The summed E-state index contributed by atoms with van der Waals surface area (Å²) in [5.74, 6) is 1.14. The van der Waals surface area contributed by atoms with Gasteiger partial charge in [0.15, 0.2) is 5.78 Å². The van der Waals surface area contributed by atoms with E-state index in [1.807, 2.05) is 36.4 Å². The number of ether oxygens (including phenoxy) is 1. The molecule has 0 spiro atoms. The van der Waals surface area contributed by atoms with Crippen molar-refractivity contribution in [1.82, 2.24) is 5.32 Å². The zero-order chi connectivity index (χ0) is 19.5. The number of amides is 1. The molecule has 2 aromatic rings. The van der Waals surface area contributed by atoms with E-state index in [1.165, 1.54) is 0 Å². The molecule has 0 saturated heterocycles. The number of carbonyl (C=O) groups excluding carboxylic acids is 2. The van der Waals surface area contributed by atoms with Crippen LogP contribution in [0.1, 0.15) is 42.1 Å². The van der Waals surface area contributed by atoms with Gasteiger partial charge in [-0.15, -0.1) is 0 Å². The van der Waals surface area contributed by atoms with Crippen molar-refractivity contribution in [3.63, 3.8) is 0 Å². The molecule has 1 amide bonds. The van der Waals surface area contributed by atoms with Gasteiger partial charge in [-0.1, -0.05) is 42.5 Å². The lowest BCUT2D eigenvalue weighted by molar-refractivity contribution is -0.125. The van der Waals surface area contributed by atoms with Gasteiger partial charge in [-0.3, -0.25) is 9.59 Å². The van der Waals surface area contributed by atoms with Gasteiger partial charge in [0, 0.05) is 17.9 Å². The summed E-state index contributed by atoms with van der Waals surface area (Å²) in [7, 11) is 0. The van der Waals surface area contributed by atoms with Crippen LogP contribution >= 0.6 is 0 Å². The molecular formula is C24H25NO3. The highest BCUT2D eigenvalue weighted by molar-refractivity contribution is 6.00. The second-order valence-corrected chi connectivity index (χ2v) is 7.59. The monoisotopic (exact) mass is 375 g/mol. The zero-order valence-corrected chi connectivity index (χ0v) is 16.1. The molecule has 0 fully saturated rings. The van der Waals surface area contributed by atoms with Crippen molar-refractivity contribution < 1.29 is 14.3 Å². The molecule has 2 atom stereocenters. The minimum Gasteiger partial charge on any atom is -0.488 e. The lowest BCUT2D eigenvalue weighted by Gasteiger charge is -2.19. The quantitative estimate of drug-likeness (QED) is 0.625. The van der Waals surface area contributed by atoms with Gasteiger partial charge in [-0.05, 0) is 55.0 Å². The topological polar surface area (TPSA) is 55.4 Å². The van der Waals surface area contributed by atoms with Crippen molar-refractivity contribution in [1.29, 1.82) is 0 Å². The molecule has 4 rings (SSSR count). The summed E-state index contributed by atoms with van der Waals surface area (Å²) in [4.78, 5) is 24.3. The van der Waals surface area contributed by atoms with E-state index in [9.17, 15) is 9.59 Å². The van der Waals surface area contributed by atoms with Crippen LogP contribution in [0, 0.1) is 5.92 Å². The van der Waals surface area contributed by atoms with Crippen LogP contribution in [-0.4, -0.2) is 24.3 Å². The number of fused-ring (bicyclic) bond motifs is 1. The van der Waals surface area contributed by atoms with E-state index in [4.69, 9.17) is 4.74 Å². The van der Waals surface area contributed by atoms with Gasteiger partial charge in [0.05, 0.1) is 6.54 Å². The molecule has 2 aliphatic rings. The van der Waals surface area contributed by atoms with Gasteiger partial charge in [-0.25, -0.2) is 0 Å². The molecule has 0 radical (unpaired) electrons. The molecule has 1 N–H and O–H groups in total. The normalized spacial score (nSPS) is 20.3. The van der Waals surface area contributed by atoms with E-state index in [-0.39, 0.29) is 23.7 Å². The average Bonchev–Trinajstić information content (AvgIpc) is 3.14. The highest BCUT2D eigenvalue weighted by atomic mass is 16.5. The molecule has 4 nitrogen and oxygen atoms in total. The summed E-state index contributed by atoms with van der Waals surface area (Å²) >= 11 is 0. The maximum absolute atomic E-state index is 12.3.